The predicted molar refractivity (Wildman–Crippen MR) is 14.5 cm³/mol. The Kier molecular flexibility index (Phi) is 10200. The van der Waals surface area contributed by atoms with E-state index < -0.39 is 0 Å². The van der Waals surface area contributed by atoms with Gasteiger partial charge in [0, 0.05) is 33.6 Å². The molecule has 0 aliphatic carbocycles. The van der Waals surface area contributed by atoms with Crippen LogP contribution in [0.3, 0.4) is 0 Å². The summed E-state index contributed by atoms with van der Waals surface area (Å²) in [6.07, 6.45) is 0. The molecule has 0 atom stereocenters. The fourth-order valence-electron chi connectivity index (χ4n) is 0. The normalized spacial score (nSPS) is 0. The Bertz CT molecular complexity index is 5.51. The average Bonchev–Trinajstić information content (AvgIpc) is 0. The van der Waals surface area contributed by atoms with Crippen LogP contribution in [0, 0.1) is 0 Å². The molecule has 0 aromatic rings. The second kappa shape index (κ2) is 189. The summed E-state index contributed by atoms with van der Waals surface area (Å²) in [6.45, 7) is 0. The quantitative estimate of drug-likeness (QED) is 0.379. The minimum atomic E-state index is 0. The van der Waals surface area contributed by atoms with Crippen LogP contribution in [0.5, 0.6) is 0 Å². The van der Waals surface area contributed by atoms with E-state index in [1.54, 1.807) is 0 Å². The molecule has 0 amide bonds. The van der Waals surface area contributed by atoms with E-state index in [0.717, 1.165) is 0 Å². The Morgan fingerprint density at radius 3 is 0.333 bits per heavy atom. The molecule has 0 spiro atoms. The van der Waals surface area contributed by atoms with Crippen LogP contribution in [-0.4, -0.2) is 21.9 Å². The summed E-state index contributed by atoms with van der Waals surface area (Å²) in [5.74, 6) is 0. The van der Waals surface area contributed by atoms with Gasteiger partial charge in [0.25, 0.3) is 0 Å². The Morgan fingerprint density at radius 1 is 0.333 bits per heavy atom. The van der Waals surface area contributed by atoms with Crippen molar-refractivity contribution in [2.75, 3.05) is 0 Å². The first-order valence-corrected chi connectivity index (χ1v) is 0. The number of rotatable bonds is 0. The first kappa shape index (κ1) is 323. The van der Waals surface area contributed by atoms with Gasteiger partial charge in [0.15, 0.2) is 0 Å². The van der Waals surface area contributed by atoms with E-state index >= 15 is 0 Å². The summed E-state index contributed by atoms with van der Waals surface area (Å²) in [6, 6.07) is 0. The molecule has 50 valence electrons. The van der Waals surface area contributed by atoms with Crippen molar-refractivity contribution in [1.29, 1.82) is 0 Å². The van der Waals surface area contributed by atoms with Gasteiger partial charge in [0.05, 0.1) is 0 Å². The van der Waals surface area contributed by atoms with Gasteiger partial charge < -0.3 is 21.9 Å². The molecule has 2 radical (unpaired) electrons. The van der Waals surface area contributed by atoms with Crippen LogP contribution in [0.2, 0.25) is 0 Å². The van der Waals surface area contributed by atoms with Crippen LogP contribution < -0.4 is 0 Å². The zero-order valence-electron chi connectivity index (χ0n) is 2.67. The van der Waals surface area contributed by atoms with Crippen molar-refractivity contribution in [1.82, 2.24) is 0 Å². The van der Waals surface area contributed by atoms with E-state index in [1.807, 2.05) is 0 Å². The average molecular weight is 190 g/mol. The molecule has 6 heavy (non-hydrogen) atoms. The Morgan fingerprint density at radius 2 is 0.333 bits per heavy atom. The molecule has 4 nitrogen and oxygen atoms in total. The van der Waals surface area contributed by atoms with Crippen molar-refractivity contribution in [3.63, 3.8) is 0 Å². The van der Waals surface area contributed by atoms with Gasteiger partial charge >= 0.3 is 0 Å². The Balaban J connectivity index is 0. The largest absolute Gasteiger partial charge is 0.412 e. The standard InChI is InChI=1S/2Co.4H2O/h;;4*1H2. The van der Waals surface area contributed by atoms with Crippen LogP contribution in [0.4, 0.5) is 0 Å². The fraction of sp³-hybridized carbons (Fsp3) is 0. The van der Waals surface area contributed by atoms with Crippen molar-refractivity contribution in [2.24, 2.45) is 0 Å². The van der Waals surface area contributed by atoms with Crippen molar-refractivity contribution in [3.8, 4) is 0 Å². The summed E-state index contributed by atoms with van der Waals surface area (Å²) in [5.41, 5.74) is 0. The van der Waals surface area contributed by atoms with Gasteiger partial charge in [-0.05, 0) is 0 Å². The molecule has 0 aromatic carbocycles. The number of hydrogen-bond acceptors (Lipinski definition) is 0. The predicted octanol–water partition coefficient (Wildman–Crippen LogP) is -3.30. The van der Waals surface area contributed by atoms with Crippen molar-refractivity contribution in [3.05, 3.63) is 0 Å². The molecule has 0 fully saturated rings. The van der Waals surface area contributed by atoms with Gasteiger partial charge in [0.1, 0.15) is 0 Å². The van der Waals surface area contributed by atoms with Crippen LogP contribution >= 0.6 is 0 Å². The molecule has 0 saturated carbocycles. The molecule has 0 unspecified atom stereocenters. The first-order valence-electron chi connectivity index (χ1n) is 0. The van der Waals surface area contributed by atoms with E-state index in [4.69, 9.17) is 0 Å². The Labute approximate surface area is 55.9 Å². The van der Waals surface area contributed by atoms with Gasteiger partial charge in [-0.15, -0.1) is 0 Å². The second-order valence-electron chi connectivity index (χ2n) is 0. The van der Waals surface area contributed by atoms with Gasteiger partial charge in [0.2, 0.25) is 0 Å². The van der Waals surface area contributed by atoms with E-state index in [-0.39, 0.29) is 55.5 Å². The van der Waals surface area contributed by atoms with Crippen LogP contribution in [-0.2, 0) is 33.6 Å². The van der Waals surface area contributed by atoms with Crippen LogP contribution in [0.15, 0.2) is 0 Å². The maximum Gasteiger partial charge on any atom is 0 e. The second-order valence-corrected chi connectivity index (χ2v) is 0. The zero-order valence-corrected chi connectivity index (χ0v) is 4.75. The summed E-state index contributed by atoms with van der Waals surface area (Å²) < 4.78 is 0. The minimum Gasteiger partial charge on any atom is -0.412 e. The third kappa shape index (κ3) is 99.0. The Hall–Kier alpha value is 0.853. The van der Waals surface area contributed by atoms with Crippen molar-refractivity contribution in [2.45, 2.75) is 0 Å². The molecule has 8 N–H and O–H groups in total. The molecule has 0 aliphatic heterocycles. The van der Waals surface area contributed by atoms with Gasteiger partial charge in [-0.2, -0.15) is 0 Å². The fourth-order valence-corrected chi connectivity index (χ4v) is 0. The molecule has 0 bridgehead atoms. The summed E-state index contributed by atoms with van der Waals surface area (Å²) >= 11 is 0. The molecule has 0 aromatic heterocycles. The number of hydrogen-bond donors (Lipinski definition) is 0. The summed E-state index contributed by atoms with van der Waals surface area (Å²) in [7, 11) is 0. The van der Waals surface area contributed by atoms with Gasteiger partial charge in [-0.3, -0.25) is 0 Å². The van der Waals surface area contributed by atoms with Crippen LogP contribution in [0.1, 0.15) is 0 Å². The first-order chi connectivity index (χ1) is 0. The maximum atomic E-state index is 0. The SMILES string of the molecule is O.O.O.O.[Co].[Co]. The summed E-state index contributed by atoms with van der Waals surface area (Å²) in [5, 5.41) is 0. The minimum absolute atomic E-state index is 0. The molecule has 0 saturated heterocycles. The molecular weight excluding hydrogens is 182 g/mol. The van der Waals surface area contributed by atoms with Crippen LogP contribution in [0.25, 0.3) is 0 Å². The molecule has 6 heteroatoms. The van der Waals surface area contributed by atoms with Crippen molar-refractivity contribution >= 4 is 0 Å². The summed E-state index contributed by atoms with van der Waals surface area (Å²) in [4.78, 5) is 0. The van der Waals surface area contributed by atoms with E-state index in [9.17, 15) is 0 Å². The van der Waals surface area contributed by atoms with E-state index in [1.165, 1.54) is 0 Å². The van der Waals surface area contributed by atoms with Crippen molar-refractivity contribution < 1.29 is 55.5 Å². The zero-order chi connectivity index (χ0) is 0. The van der Waals surface area contributed by atoms with Gasteiger partial charge in [-0.25, -0.2) is 0 Å². The third-order valence-corrected chi connectivity index (χ3v) is 0. The molecular formula is H8Co2O4. The monoisotopic (exact) mass is 190 g/mol. The molecule has 0 rings (SSSR count). The molecule has 0 aliphatic rings. The molecule has 0 heterocycles. The van der Waals surface area contributed by atoms with E-state index in [2.05, 4.69) is 0 Å². The smallest absolute Gasteiger partial charge is 0 e. The van der Waals surface area contributed by atoms with Gasteiger partial charge in [-0.1, -0.05) is 0 Å². The third-order valence-electron chi connectivity index (χ3n) is 0. The maximum absolute atomic E-state index is 0. The van der Waals surface area contributed by atoms with E-state index in [0.29, 0.717) is 0 Å². The topological polar surface area (TPSA) is 126 Å².